The van der Waals surface area contributed by atoms with Crippen LogP contribution in [0.25, 0.3) is 0 Å². The summed E-state index contributed by atoms with van der Waals surface area (Å²) in [6.07, 6.45) is 4.11. The van der Waals surface area contributed by atoms with E-state index in [1.807, 2.05) is 18.2 Å². The van der Waals surface area contributed by atoms with E-state index in [1.165, 1.54) is 36.3 Å². The second-order valence-electron chi connectivity index (χ2n) is 4.61. The summed E-state index contributed by atoms with van der Waals surface area (Å²) in [6.45, 7) is 2.00. The molecule has 17 heavy (non-hydrogen) atoms. The van der Waals surface area contributed by atoms with Crippen LogP contribution in [0.4, 0.5) is 0 Å². The van der Waals surface area contributed by atoms with Gasteiger partial charge in [-0.25, -0.2) is 0 Å². The average Bonchev–Trinajstić information content (AvgIpc) is 2.38. The van der Waals surface area contributed by atoms with E-state index in [0.29, 0.717) is 0 Å². The van der Waals surface area contributed by atoms with Crippen LogP contribution in [0, 0.1) is 5.92 Å². The molecule has 0 amide bonds. The van der Waals surface area contributed by atoms with E-state index in [0.717, 1.165) is 24.0 Å². The lowest BCUT2D eigenvalue weighted by atomic mass is 9.99. The van der Waals surface area contributed by atoms with Crippen LogP contribution in [-0.2, 0) is 6.54 Å². The molecule has 0 unspecified atom stereocenters. The molecule has 0 aliphatic carbocycles. The Hall–Kier alpha value is -0.180. The first-order valence-corrected chi connectivity index (χ1v) is 7.91. The van der Waals surface area contributed by atoms with Gasteiger partial charge in [0.15, 0.2) is 0 Å². The fourth-order valence-electron chi connectivity index (χ4n) is 2.21. The van der Waals surface area contributed by atoms with Crippen LogP contribution in [0.3, 0.4) is 0 Å². The van der Waals surface area contributed by atoms with E-state index in [1.54, 1.807) is 0 Å². The molecule has 0 radical (unpaired) electrons. The molecule has 1 aromatic carbocycles. The van der Waals surface area contributed by atoms with Gasteiger partial charge in [-0.1, -0.05) is 29.8 Å². The summed E-state index contributed by atoms with van der Waals surface area (Å²) in [7, 11) is 0. The zero-order valence-corrected chi connectivity index (χ0v) is 11.7. The second-order valence-corrected chi connectivity index (χ2v) is 6.24. The molecule has 1 nitrogen and oxygen atoms in total. The lowest BCUT2D eigenvalue weighted by Crippen LogP contribution is -2.20. The van der Waals surface area contributed by atoms with Crippen molar-refractivity contribution in [3.8, 4) is 0 Å². The Balaban J connectivity index is 1.64. The minimum Gasteiger partial charge on any atom is -0.313 e. The second kappa shape index (κ2) is 7.30. The summed E-state index contributed by atoms with van der Waals surface area (Å²) < 4.78 is 0. The van der Waals surface area contributed by atoms with Crippen molar-refractivity contribution in [3.05, 3.63) is 34.9 Å². The van der Waals surface area contributed by atoms with Crippen LogP contribution in [0.2, 0.25) is 5.02 Å². The lowest BCUT2D eigenvalue weighted by molar-refractivity contribution is 0.437. The predicted octanol–water partition coefficient (Wildman–Crippen LogP) is 3.96. The Bertz CT molecular complexity index is 337. The maximum atomic E-state index is 6.11. The molecule has 94 valence electrons. The molecule has 0 atom stereocenters. The average molecular weight is 270 g/mol. The van der Waals surface area contributed by atoms with Crippen LogP contribution >= 0.6 is 23.4 Å². The zero-order valence-electron chi connectivity index (χ0n) is 10.1. The Morgan fingerprint density at radius 1 is 1.24 bits per heavy atom. The number of hydrogen-bond acceptors (Lipinski definition) is 2. The summed E-state index contributed by atoms with van der Waals surface area (Å²) in [5.41, 5.74) is 1.20. The minimum absolute atomic E-state index is 0.870. The maximum absolute atomic E-state index is 6.11. The molecule has 1 aliphatic rings. The van der Waals surface area contributed by atoms with Gasteiger partial charge in [-0.3, -0.25) is 0 Å². The zero-order chi connectivity index (χ0) is 11.9. The molecule has 0 spiro atoms. The van der Waals surface area contributed by atoms with Crippen molar-refractivity contribution < 1.29 is 0 Å². The van der Waals surface area contributed by atoms with Gasteiger partial charge < -0.3 is 5.32 Å². The number of rotatable bonds is 5. The lowest BCUT2D eigenvalue weighted by Gasteiger charge is -2.21. The SMILES string of the molecule is Clc1ccccc1CNCCC1CCSCC1. The summed E-state index contributed by atoms with van der Waals surface area (Å²) in [5, 5.41) is 4.37. The fourth-order valence-corrected chi connectivity index (χ4v) is 3.61. The standard InChI is InChI=1S/C14H20ClNS/c15-14-4-2-1-3-13(14)11-16-8-5-12-6-9-17-10-7-12/h1-4,12,16H,5-11H2. The Morgan fingerprint density at radius 3 is 2.76 bits per heavy atom. The number of hydrogen-bond donors (Lipinski definition) is 1. The number of nitrogens with one attached hydrogen (secondary N) is 1. The Kier molecular flexibility index (Phi) is 5.69. The third-order valence-corrected chi connectivity index (χ3v) is 4.76. The van der Waals surface area contributed by atoms with Crippen molar-refractivity contribution >= 4 is 23.4 Å². The molecule has 1 saturated heterocycles. The topological polar surface area (TPSA) is 12.0 Å². The van der Waals surface area contributed by atoms with Crippen LogP contribution in [0.1, 0.15) is 24.8 Å². The minimum atomic E-state index is 0.870. The van der Waals surface area contributed by atoms with Crippen molar-refractivity contribution in [3.63, 3.8) is 0 Å². The maximum Gasteiger partial charge on any atom is 0.0450 e. The number of benzene rings is 1. The van der Waals surface area contributed by atoms with E-state index in [9.17, 15) is 0 Å². The van der Waals surface area contributed by atoms with Gasteiger partial charge in [-0.05, 0) is 54.9 Å². The molecule has 1 aromatic rings. The molecule has 1 aliphatic heterocycles. The third kappa shape index (κ3) is 4.53. The predicted molar refractivity (Wildman–Crippen MR) is 77.8 cm³/mol. The van der Waals surface area contributed by atoms with Crippen LogP contribution in [-0.4, -0.2) is 18.1 Å². The van der Waals surface area contributed by atoms with E-state index in [-0.39, 0.29) is 0 Å². The first-order valence-electron chi connectivity index (χ1n) is 6.38. The van der Waals surface area contributed by atoms with E-state index < -0.39 is 0 Å². The molecule has 0 aromatic heterocycles. The van der Waals surface area contributed by atoms with Gasteiger partial charge in [0, 0.05) is 11.6 Å². The highest BCUT2D eigenvalue weighted by Gasteiger charge is 2.12. The van der Waals surface area contributed by atoms with Crippen LogP contribution < -0.4 is 5.32 Å². The van der Waals surface area contributed by atoms with E-state index in [2.05, 4.69) is 23.1 Å². The van der Waals surface area contributed by atoms with Crippen LogP contribution in [0.5, 0.6) is 0 Å². The van der Waals surface area contributed by atoms with Crippen LogP contribution in [0.15, 0.2) is 24.3 Å². The molecule has 2 rings (SSSR count). The van der Waals surface area contributed by atoms with Gasteiger partial charge in [-0.15, -0.1) is 0 Å². The summed E-state index contributed by atoms with van der Waals surface area (Å²) in [4.78, 5) is 0. The van der Waals surface area contributed by atoms with Crippen molar-refractivity contribution in [2.24, 2.45) is 5.92 Å². The van der Waals surface area contributed by atoms with Crippen molar-refractivity contribution in [1.82, 2.24) is 5.32 Å². The smallest absolute Gasteiger partial charge is 0.0450 e. The molecule has 3 heteroatoms. The quantitative estimate of drug-likeness (QED) is 0.812. The summed E-state index contributed by atoms with van der Waals surface area (Å²) in [6, 6.07) is 8.07. The highest BCUT2D eigenvalue weighted by Crippen LogP contribution is 2.24. The molecule has 1 fully saturated rings. The molecule has 0 bridgehead atoms. The van der Waals surface area contributed by atoms with E-state index >= 15 is 0 Å². The number of thioether (sulfide) groups is 1. The molecule has 0 saturated carbocycles. The van der Waals surface area contributed by atoms with Gasteiger partial charge in [0.2, 0.25) is 0 Å². The van der Waals surface area contributed by atoms with Crippen molar-refractivity contribution in [1.29, 1.82) is 0 Å². The molecule has 1 heterocycles. The highest BCUT2D eigenvalue weighted by atomic mass is 35.5. The van der Waals surface area contributed by atoms with E-state index in [4.69, 9.17) is 11.6 Å². The first kappa shape index (κ1) is 13.3. The highest BCUT2D eigenvalue weighted by molar-refractivity contribution is 7.99. The molecular formula is C14H20ClNS. The van der Waals surface area contributed by atoms with Crippen molar-refractivity contribution in [2.75, 3.05) is 18.1 Å². The first-order chi connectivity index (χ1) is 8.36. The van der Waals surface area contributed by atoms with Gasteiger partial charge >= 0.3 is 0 Å². The number of halogens is 1. The monoisotopic (exact) mass is 269 g/mol. The normalized spacial score (nSPS) is 17.2. The fraction of sp³-hybridized carbons (Fsp3) is 0.571. The molecule has 1 N–H and O–H groups in total. The Morgan fingerprint density at radius 2 is 2.00 bits per heavy atom. The van der Waals surface area contributed by atoms with Gasteiger partial charge in [0.1, 0.15) is 0 Å². The van der Waals surface area contributed by atoms with Gasteiger partial charge in [-0.2, -0.15) is 11.8 Å². The summed E-state index contributed by atoms with van der Waals surface area (Å²) >= 11 is 8.21. The third-order valence-electron chi connectivity index (χ3n) is 3.34. The Labute approximate surface area is 113 Å². The van der Waals surface area contributed by atoms with Gasteiger partial charge in [0.05, 0.1) is 0 Å². The summed E-state index contributed by atoms with van der Waals surface area (Å²) in [5.74, 6) is 3.65. The largest absolute Gasteiger partial charge is 0.313 e. The molecular weight excluding hydrogens is 250 g/mol. The van der Waals surface area contributed by atoms with Crippen molar-refractivity contribution in [2.45, 2.75) is 25.8 Å². The van der Waals surface area contributed by atoms with Gasteiger partial charge in [0.25, 0.3) is 0 Å².